The molecular weight excluding hydrogens is 328 g/mol. The first-order chi connectivity index (χ1) is 12.2. The molecule has 0 unspecified atom stereocenters. The highest BCUT2D eigenvalue weighted by Crippen LogP contribution is 2.39. The second-order valence-electron chi connectivity index (χ2n) is 8.50. The third-order valence-electron chi connectivity index (χ3n) is 5.81. The van der Waals surface area contributed by atoms with Crippen molar-refractivity contribution in [1.82, 2.24) is 14.9 Å². The van der Waals surface area contributed by atoms with Crippen LogP contribution in [0.15, 0.2) is 0 Å². The Morgan fingerprint density at radius 3 is 2.35 bits per heavy atom. The van der Waals surface area contributed by atoms with Crippen LogP contribution in [0, 0.1) is 0 Å². The summed E-state index contributed by atoms with van der Waals surface area (Å²) in [5.74, 6) is 1.64. The third-order valence-corrected chi connectivity index (χ3v) is 5.81. The Bertz CT molecular complexity index is 681. The first-order valence-corrected chi connectivity index (χ1v) is 9.76. The minimum Gasteiger partial charge on any atom is -0.460 e. The molecule has 6 heteroatoms. The summed E-state index contributed by atoms with van der Waals surface area (Å²) >= 11 is 0. The van der Waals surface area contributed by atoms with Crippen molar-refractivity contribution in [3.05, 3.63) is 17.1 Å². The number of esters is 1. The molecule has 0 amide bonds. The van der Waals surface area contributed by atoms with Crippen LogP contribution in [0.2, 0.25) is 0 Å². The first-order valence-electron chi connectivity index (χ1n) is 9.76. The number of cyclic esters (lactones) is 1. The number of hydrogen-bond acceptors (Lipinski definition) is 6. The van der Waals surface area contributed by atoms with Gasteiger partial charge >= 0.3 is 5.97 Å². The van der Waals surface area contributed by atoms with Crippen molar-refractivity contribution in [1.29, 1.82) is 0 Å². The van der Waals surface area contributed by atoms with Gasteiger partial charge in [-0.15, -0.1) is 0 Å². The number of nitrogens with zero attached hydrogens (tertiary/aromatic N) is 4. The SMILES string of the molecule is CC(C)c1nc(C(C)C)c2c(n1)N(CC1(N(C)C)CCC1)CCOC2=O. The van der Waals surface area contributed by atoms with Crippen molar-refractivity contribution in [3.63, 3.8) is 0 Å². The summed E-state index contributed by atoms with van der Waals surface area (Å²) in [6.07, 6.45) is 3.62. The van der Waals surface area contributed by atoms with E-state index in [0.717, 1.165) is 23.9 Å². The van der Waals surface area contributed by atoms with Crippen molar-refractivity contribution in [2.75, 3.05) is 38.7 Å². The van der Waals surface area contributed by atoms with E-state index in [-0.39, 0.29) is 23.3 Å². The summed E-state index contributed by atoms with van der Waals surface area (Å²) in [5.41, 5.74) is 1.53. The molecule has 0 atom stereocenters. The van der Waals surface area contributed by atoms with Gasteiger partial charge in [0.1, 0.15) is 23.8 Å². The monoisotopic (exact) mass is 360 g/mol. The quantitative estimate of drug-likeness (QED) is 0.752. The maximum atomic E-state index is 12.7. The number of rotatable bonds is 5. The number of hydrogen-bond donors (Lipinski definition) is 0. The van der Waals surface area contributed by atoms with Gasteiger partial charge < -0.3 is 14.5 Å². The van der Waals surface area contributed by atoms with E-state index in [1.165, 1.54) is 19.3 Å². The number of fused-ring (bicyclic) bond motifs is 1. The highest BCUT2D eigenvalue weighted by molar-refractivity contribution is 5.96. The molecule has 1 aromatic rings. The number of anilines is 1. The Hall–Kier alpha value is -1.69. The molecule has 0 aromatic carbocycles. The smallest absolute Gasteiger partial charge is 0.343 e. The Morgan fingerprint density at radius 2 is 1.85 bits per heavy atom. The van der Waals surface area contributed by atoms with E-state index in [0.29, 0.717) is 18.7 Å². The Kier molecular flexibility index (Phi) is 5.24. The van der Waals surface area contributed by atoms with E-state index >= 15 is 0 Å². The van der Waals surface area contributed by atoms with E-state index in [4.69, 9.17) is 14.7 Å². The molecule has 2 heterocycles. The van der Waals surface area contributed by atoms with Gasteiger partial charge in [-0.25, -0.2) is 14.8 Å². The van der Waals surface area contributed by atoms with Gasteiger partial charge in [-0.2, -0.15) is 0 Å². The normalized spacial score (nSPS) is 19.4. The second-order valence-corrected chi connectivity index (χ2v) is 8.50. The zero-order valence-corrected chi connectivity index (χ0v) is 17.0. The molecule has 1 fully saturated rings. The Morgan fingerprint density at radius 1 is 1.15 bits per heavy atom. The van der Waals surface area contributed by atoms with E-state index in [2.05, 4.69) is 51.6 Å². The molecule has 1 saturated carbocycles. The van der Waals surface area contributed by atoms with E-state index in [9.17, 15) is 4.79 Å². The van der Waals surface area contributed by atoms with Crippen molar-refractivity contribution < 1.29 is 9.53 Å². The lowest BCUT2D eigenvalue weighted by molar-refractivity contribution is 0.0511. The standard InChI is InChI=1S/C20H32N4O2/c1-13(2)16-15-18(22-17(21-16)14(3)4)24(10-11-26-19(15)25)12-20(23(5)6)8-7-9-20/h13-14H,7-12H2,1-6H3. The van der Waals surface area contributed by atoms with Crippen LogP contribution in [0.4, 0.5) is 5.82 Å². The van der Waals surface area contributed by atoms with Gasteiger partial charge in [-0.3, -0.25) is 0 Å². The molecule has 144 valence electrons. The average Bonchev–Trinajstić information content (AvgIpc) is 2.68. The van der Waals surface area contributed by atoms with Crippen molar-refractivity contribution >= 4 is 11.8 Å². The number of ether oxygens (including phenoxy) is 1. The summed E-state index contributed by atoms with van der Waals surface area (Å²) in [4.78, 5) is 26.9. The van der Waals surface area contributed by atoms with Crippen LogP contribution in [0.5, 0.6) is 0 Å². The predicted molar refractivity (Wildman–Crippen MR) is 103 cm³/mol. The van der Waals surface area contributed by atoms with Gasteiger partial charge in [-0.05, 0) is 39.3 Å². The van der Waals surface area contributed by atoms with Crippen LogP contribution in [0.3, 0.4) is 0 Å². The predicted octanol–water partition coefficient (Wildman–Crippen LogP) is 3.18. The average molecular weight is 361 g/mol. The first kappa shape index (κ1) is 19.1. The fraction of sp³-hybridized carbons (Fsp3) is 0.750. The van der Waals surface area contributed by atoms with Crippen molar-refractivity contribution in [2.24, 2.45) is 0 Å². The van der Waals surface area contributed by atoms with Gasteiger partial charge in [0.05, 0.1) is 12.2 Å². The molecule has 6 nitrogen and oxygen atoms in total. The minimum absolute atomic E-state index is 0.142. The molecule has 2 aliphatic rings. The van der Waals surface area contributed by atoms with Crippen LogP contribution in [-0.2, 0) is 4.74 Å². The summed E-state index contributed by atoms with van der Waals surface area (Å²) in [5, 5.41) is 0. The molecule has 1 aliphatic heterocycles. The largest absolute Gasteiger partial charge is 0.460 e. The van der Waals surface area contributed by atoms with E-state index < -0.39 is 0 Å². The third kappa shape index (κ3) is 3.31. The second kappa shape index (κ2) is 7.14. The zero-order valence-electron chi connectivity index (χ0n) is 17.0. The van der Waals surface area contributed by atoms with Crippen molar-refractivity contribution in [3.8, 4) is 0 Å². The highest BCUT2D eigenvalue weighted by Gasteiger charge is 2.42. The van der Waals surface area contributed by atoms with Crippen LogP contribution in [0.25, 0.3) is 0 Å². The molecular formula is C20H32N4O2. The molecule has 0 bridgehead atoms. The number of likely N-dealkylation sites (N-methyl/N-ethyl adjacent to an activating group) is 1. The molecule has 0 spiro atoms. The molecule has 3 rings (SSSR count). The summed E-state index contributed by atoms with van der Waals surface area (Å²) in [7, 11) is 4.30. The van der Waals surface area contributed by atoms with Crippen LogP contribution >= 0.6 is 0 Å². The number of carbonyl (C=O) groups is 1. The fourth-order valence-corrected chi connectivity index (χ4v) is 3.85. The minimum atomic E-state index is -0.283. The van der Waals surface area contributed by atoms with Gasteiger partial charge in [0.25, 0.3) is 0 Å². The molecule has 0 N–H and O–H groups in total. The maximum Gasteiger partial charge on any atom is 0.343 e. The van der Waals surface area contributed by atoms with Gasteiger partial charge in [0.2, 0.25) is 0 Å². The summed E-state index contributed by atoms with van der Waals surface area (Å²) in [6, 6.07) is 0. The van der Waals surface area contributed by atoms with Crippen LogP contribution < -0.4 is 4.90 Å². The molecule has 26 heavy (non-hydrogen) atoms. The van der Waals surface area contributed by atoms with E-state index in [1.807, 2.05) is 0 Å². The van der Waals surface area contributed by atoms with Gasteiger partial charge in [0, 0.05) is 18.0 Å². The Labute approximate surface area is 156 Å². The van der Waals surface area contributed by atoms with Crippen LogP contribution in [0.1, 0.15) is 80.7 Å². The maximum absolute atomic E-state index is 12.7. The fourth-order valence-electron chi connectivity index (χ4n) is 3.85. The lowest BCUT2D eigenvalue weighted by Gasteiger charge is -2.50. The molecule has 0 saturated heterocycles. The lowest BCUT2D eigenvalue weighted by atomic mass is 9.75. The Balaban J connectivity index is 2.10. The van der Waals surface area contributed by atoms with Gasteiger partial charge in [0.15, 0.2) is 0 Å². The summed E-state index contributed by atoms with van der Waals surface area (Å²) < 4.78 is 5.50. The molecule has 1 aromatic heterocycles. The lowest BCUT2D eigenvalue weighted by Crippen LogP contribution is -2.58. The van der Waals surface area contributed by atoms with Crippen LogP contribution in [-0.4, -0.2) is 60.2 Å². The topological polar surface area (TPSA) is 58.6 Å². The highest BCUT2D eigenvalue weighted by atomic mass is 16.5. The molecule has 1 aliphatic carbocycles. The number of carbonyl (C=O) groups excluding carboxylic acids is 1. The molecule has 0 radical (unpaired) electrons. The van der Waals surface area contributed by atoms with Crippen molar-refractivity contribution in [2.45, 2.75) is 64.3 Å². The van der Waals surface area contributed by atoms with Gasteiger partial charge in [-0.1, -0.05) is 27.7 Å². The summed E-state index contributed by atoms with van der Waals surface area (Å²) in [6.45, 7) is 10.3. The number of aromatic nitrogens is 2. The zero-order chi connectivity index (χ0) is 19.1. The van der Waals surface area contributed by atoms with E-state index in [1.54, 1.807) is 0 Å².